The second-order valence-corrected chi connectivity index (χ2v) is 6.83. The largest absolute Gasteiger partial charge is 0.497 e. The van der Waals surface area contributed by atoms with Crippen LogP contribution in [-0.2, 0) is 0 Å². The van der Waals surface area contributed by atoms with Crippen molar-refractivity contribution in [2.45, 2.75) is 12.5 Å². The summed E-state index contributed by atoms with van der Waals surface area (Å²) in [5.41, 5.74) is 3.74. The molecule has 0 saturated carbocycles. The highest BCUT2D eigenvalue weighted by Gasteiger charge is 2.28. The minimum Gasteiger partial charge on any atom is -0.497 e. The van der Waals surface area contributed by atoms with Gasteiger partial charge in [0.2, 0.25) is 0 Å². The van der Waals surface area contributed by atoms with Crippen molar-refractivity contribution in [3.05, 3.63) is 108 Å². The summed E-state index contributed by atoms with van der Waals surface area (Å²) >= 11 is 0. The lowest BCUT2D eigenvalue weighted by Gasteiger charge is -2.23. The molecule has 3 aromatic carbocycles. The Hall–Kier alpha value is -3.66. The number of hydrazone groups is 1. The van der Waals surface area contributed by atoms with Gasteiger partial charge in [0.1, 0.15) is 5.75 Å². The van der Waals surface area contributed by atoms with Crippen LogP contribution in [0, 0.1) is 0 Å². The van der Waals surface area contributed by atoms with Crippen molar-refractivity contribution in [1.29, 1.82) is 0 Å². The number of anilines is 1. The van der Waals surface area contributed by atoms with Crippen LogP contribution in [0.5, 0.6) is 5.75 Å². The molecule has 1 unspecified atom stereocenters. The normalized spacial score (nSPS) is 16.1. The van der Waals surface area contributed by atoms with Gasteiger partial charge in [-0.1, -0.05) is 48.5 Å². The molecule has 1 aliphatic heterocycles. The fourth-order valence-electron chi connectivity index (χ4n) is 3.41. The molecule has 1 atom stereocenters. The minimum absolute atomic E-state index is 0.0511. The number of ether oxygens (including phenoxy) is 1. The minimum atomic E-state index is -0.0511. The van der Waals surface area contributed by atoms with Crippen LogP contribution in [0.2, 0.25) is 0 Å². The SMILES string of the molecule is COc1ccc(C(=O)C=CC2=NN(c3ccccc3)C(c3ccccc3)C2)cc1. The van der Waals surface area contributed by atoms with Gasteiger partial charge in [0.15, 0.2) is 5.78 Å². The molecule has 144 valence electrons. The van der Waals surface area contributed by atoms with Crippen molar-refractivity contribution in [2.75, 3.05) is 12.1 Å². The smallest absolute Gasteiger partial charge is 0.185 e. The third-order valence-corrected chi connectivity index (χ3v) is 4.94. The van der Waals surface area contributed by atoms with Crippen molar-refractivity contribution < 1.29 is 9.53 Å². The first-order chi connectivity index (χ1) is 14.2. The van der Waals surface area contributed by atoms with Crippen molar-refractivity contribution in [3.8, 4) is 5.75 Å². The highest BCUT2D eigenvalue weighted by Crippen LogP contribution is 2.35. The zero-order valence-electron chi connectivity index (χ0n) is 16.2. The lowest BCUT2D eigenvalue weighted by atomic mass is 10.0. The van der Waals surface area contributed by atoms with E-state index in [0.29, 0.717) is 5.56 Å². The lowest BCUT2D eigenvalue weighted by Crippen LogP contribution is -2.18. The zero-order chi connectivity index (χ0) is 20.1. The highest BCUT2D eigenvalue weighted by atomic mass is 16.5. The quantitative estimate of drug-likeness (QED) is 0.421. The number of benzene rings is 3. The molecule has 0 saturated heterocycles. The monoisotopic (exact) mass is 382 g/mol. The first-order valence-corrected chi connectivity index (χ1v) is 9.58. The summed E-state index contributed by atoms with van der Waals surface area (Å²) in [6.45, 7) is 0. The molecule has 0 bridgehead atoms. The van der Waals surface area contributed by atoms with E-state index in [2.05, 4.69) is 24.3 Å². The molecule has 0 radical (unpaired) electrons. The Morgan fingerprint density at radius 3 is 2.28 bits per heavy atom. The van der Waals surface area contributed by atoms with Crippen LogP contribution in [0.4, 0.5) is 5.69 Å². The van der Waals surface area contributed by atoms with Crippen LogP contribution in [0.1, 0.15) is 28.4 Å². The van der Waals surface area contributed by atoms with Gasteiger partial charge in [0, 0.05) is 12.0 Å². The van der Waals surface area contributed by atoms with Crippen LogP contribution in [0.25, 0.3) is 0 Å². The van der Waals surface area contributed by atoms with Gasteiger partial charge < -0.3 is 4.74 Å². The summed E-state index contributed by atoms with van der Waals surface area (Å²) in [5, 5.41) is 6.83. The van der Waals surface area contributed by atoms with Gasteiger partial charge >= 0.3 is 0 Å². The maximum Gasteiger partial charge on any atom is 0.185 e. The topological polar surface area (TPSA) is 41.9 Å². The van der Waals surface area contributed by atoms with E-state index in [-0.39, 0.29) is 11.8 Å². The van der Waals surface area contributed by atoms with Crippen molar-refractivity contribution >= 4 is 17.2 Å². The van der Waals surface area contributed by atoms with Gasteiger partial charge in [0.25, 0.3) is 0 Å². The summed E-state index contributed by atoms with van der Waals surface area (Å²) < 4.78 is 5.14. The van der Waals surface area contributed by atoms with E-state index in [1.165, 1.54) is 5.56 Å². The fraction of sp³-hybridized carbons (Fsp3) is 0.120. The third kappa shape index (κ3) is 4.27. The molecule has 1 heterocycles. The molecule has 29 heavy (non-hydrogen) atoms. The number of methoxy groups -OCH3 is 1. The van der Waals surface area contributed by atoms with Crippen LogP contribution < -0.4 is 9.75 Å². The van der Waals surface area contributed by atoms with E-state index in [9.17, 15) is 4.79 Å². The Labute approximate surface area is 170 Å². The van der Waals surface area contributed by atoms with Crippen molar-refractivity contribution in [2.24, 2.45) is 5.10 Å². The van der Waals surface area contributed by atoms with Crippen molar-refractivity contribution in [1.82, 2.24) is 0 Å². The van der Waals surface area contributed by atoms with Gasteiger partial charge in [-0.25, -0.2) is 0 Å². The van der Waals surface area contributed by atoms with Gasteiger partial charge in [-0.2, -0.15) is 5.10 Å². The molecule has 4 heteroatoms. The predicted octanol–water partition coefficient (Wildman–Crippen LogP) is 5.44. The fourth-order valence-corrected chi connectivity index (χ4v) is 3.41. The second-order valence-electron chi connectivity index (χ2n) is 6.83. The first-order valence-electron chi connectivity index (χ1n) is 9.58. The Balaban J connectivity index is 1.56. The Morgan fingerprint density at radius 1 is 0.966 bits per heavy atom. The molecule has 0 fully saturated rings. The summed E-state index contributed by atoms with van der Waals surface area (Å²) in [5.74, 6) is 0.680. The molecule has 0 amide bonds. The summed E-state index contributed by atoms with van der Waals surface area (Å²) in [6, 6.07) is 27.7. The van der Waals surface area contributed by atoms with Crippen LogP contribution in [0.3, 0.4) is 0 Å². The van der Waals surface area contributed by atoms with E-state index in [1.54, 1.807) is 37.5 Å². The Morgan fingerprint density at radius 2 is 1.62 bits per heavy atom. The third-order valence-electron chi connectivity index (χ3n) is 4.94. The van der Waals surface area contributed by atoms with Gasteiger partial charge in [0.05, 0.1) is 24.6 Å². The molecule has 4 rings (SSSR count). The highest BCUT2D eigenvalue weighted by molar-refractivity contribution is 6.09. The molecular formula is C25H22N2O2. The van der Waals surface area contributed by atoms with Crippen molar-refractivity contribution in [3.63, 3.8) is 0 Å². The number of carbonyl (C=O) groups is 1. The molecular weight excluding hydrogens is 360 g/mol. The number of nitrogens with zero attached hydrogens (tertiary/aromatic N) is 2. The lowest BCUT2D eigenvalue weighted by molar-refractivity contribution is 0.104. The van der Waals surface area contributed by atoms with E-state index in [4.69, 9.17) is 9.84 Å². The summed E-state index contributed by atoms with van der Waals surface area (Å²) in [4.78, 5) is 12.5. The van der Waals surface area contributed by atoms with Gasteiger partial charge in [-0.05, 0) is 54.1 Å². The van der Waals surface area contributed by atoms with Gasteiger partial charge in [-0.3, -0.25) is 9.80 Å². The number of hydrogen-bond acceptors (Lipinski definition) is 4. The first kappa shape index (κ1) is 18.7. The summed E-state index contributed by atoms with van der Waals surface area (Å²) in [7, 11) is 1.61. The molecule has 0 N–H and O–H groups in total. The van der Waals surface area contributed by atoms with E-state index < -0.39 is 0 Å². The van der Waals surface area contributed by atoms with Gasteiger partial charge in [-0.15, -0.1) is 0 Å². The predicted molar refractivity (Wildman–Crippen MR) is 117 cm³/mol. The molecule has 0 spiro atoms. The number of hydrogen-bond donors (Lipinski definition) is 0. The zero-order valence-corrected chi connectivity index (χ0v) is 16.2. The Kier molecular flexibility index (Phi) is 5.52. The maximum absolute atomic E-state index is 12.5. The average molecular weight is 382 g/mol. The molecule has 4 nitrogen and oxygen atoms in total. The number of para-hydroxylation sites is 1. The van der Waals surface area contributed by atoms with E-state index in [1.807, 2.05) is 47.5 Å². The standard InChI is InChI=1S/C25H22N2O2/c1-29-23-15-12-20(13-16-23)25(28)17-14-21-18-24(19-8-4-2-5-9-19)27(26-21)22-10-6-3-7-11-22/h2-17,24H,18H2,1H3. The van der Waals surface area contributed by atoms with E-state index >= 15 is 0 Å². The summed E-state index contributed by atoms with van der Waals surface area (Å²) in [6.07, 6.45) is 4.16. The van der Waals surface area contributed by atoms with Crippen LogP contribution in [-0.4, -0.2) is 18.6 Å². The average Bonchev–Trinajstić information content (AvgIpc) is 3.23. The van der Waals surface area contributed by atoms with Crippen LogP contribution >= 0.6 is 0 Å². The maximum atomic E-state index is 12.5. The molecule has 0 aromatic heterocycles. The molecule has 1 aliphatic rings. The molecule has 0 aliphatic carbocycles. The number of allylic oxidation sites excluding steroid dienone is 2. The van der Waals surface area contributed by atoms with E-state index in [0.717, 1.165) is 23.6 Å². The van der Waals surface area contributed by atoms with Crippen LogP contribution in [0.15, 0.2) is 102 Å². The molecule has 3 aromatic rings. The number of rotatable bonds is 6. The second kappa shape index (κ2) is 8.57. The Bertz CT molecular complexity index is 1030. The number of carbonyl (C=O) groups excluding carboxylic acids is 1. The number of ketones is 1.